The number of methoxy groups -OCH3 is 1. The van der Waals surface area contributed by atoms with Crippen LogP contribution in [0.4, 0.5) is 0 Å². The van der Waals surface area contributed by atoms with E-state index in [-0.39, 0.29) is 31.0 Å². The molecule has 52 valence electrons. The van der Waals surface area contributed by atoms with Crippen molar-refractivity contribution in [3.8, 4) is 0 Å². The number of carbonyl (C=O) groups excluding carboxylic acids is 1. The van der Waals surface area contributed by atoms with Gasteiger partial charge in [-0.2, -0.15) is 0 Å². The second-order valence-electron chi connectivity index (χ2n) is 1.19. The first-order chi connectivity index (χ1) is 4.16. The molecule has 0 radical (unpaired) electrons. The third kappa shape index (κ3) is 7.68. The van der Waals surface area contributed by atoms with Crippen molar-refractivity contribution in [2.75, 3.05) is 7.11 Å². The molecule has 4 nitrogen and oxygen atoms in total. The van der Waals surface area contributed by atoms with E-state index in [1.54, 1.807) is 0 Å². The van der Waals surface area contributed by atoms with E-state index in [1.807, 2.05) is 0 Å². The first-order valence-electron chi connectivity index (χ1n) is 2.15. The van der Waals surface area contributed by atoms with Crippen molar-refractivity contribution in [2.45, 2.75) is 0 Å². The molecule has 0 bridgehead atoms. The minimum atomic E-state index is -1.17. The van der Waals surface area contributed by atoms with Crippen LogP contribution < -0.4 is 29.6 Å². The Morgan fingerprint density at radius 1 is 1.50 bits per heavy atom. The van der Waals surface area contributed by atoms with Crippen molar-refractivity contribution in [3.05, 3.63) is 12.2 Å². The van der Waals surface area contributed by atoms with Gasteiger partial charge in [0.2, 0.25) is 0 Å². The van der Waals surface area contributed by atoms with Crippen LogP contribution in [-0.2, 0) is 14.3 Å². The first kappa shape index (κ1) is 12.4. The third-order valence-electron chi connectivity index (χ3n) is 0.563. The fourth-order valence-electron chi connectivity index (χ4n) is 0.207. The molecule has 0 aliphatic rings. The molecule has 0 aromatic heterocycles. The van der Waals surface area contributed by atoms with Crippen LogP contribution in [0.2, 0.25) is 0 Å². The molecule has 5 heteroatoms. The molecule has 0 heterocycles. The van der Waals surface area contributed by atoms with Crippen molar-refractivity contribution in [1.29, 1.82) is 0 Å². The number of ether oxygens (including phenoxy) is 1. The van der Waals surface area contributed by atoms with Crippen LogP contribution in [0.1, 0.15) is 1.43 Å². The fourth-order valence-corrected chi connectivity index (χ4v) is 0.207. The molecule has 0 rings (SSSR count). The Bertz CT molecular complexity index is 157. The minimum Gasteiger partial charge on any atom is -1.00 e. The van der Waals surface area contributed by atoms with Crippen LogP contribution in [0.15, 0.2) is 12.2 Å². The maximum absolute atomic E-state index is 10.1. The summed E-state index contributed by atoms with van der Waals surface area (Å²) in [6.07, 6.45) is 1.55. The minimum absolute atomic E-state index is 0. The molecule has 0 atom stereocenters. The van der Waals surface area contributed by atoms with Gasteiger partial charge < -0.3 is 11.3 Å². The van der Waals surface area contributed by atoms with Crippen LogP contribution in [0.25, 0.3) is 0 Å². The third-order valence-corrected chi connectivity index (χ3v) is 0.563. The van der Waals surface area contributed by atoms with Gasteiger partial charge >= 0.3 is 41.5 Å². The second-order valence-corrected chi connectivity index (χ2v) is 1.19. The fraction of sp³-hybridized carbons (Fsp3) is 0.200. The number of esters is 1. The number of carboxylic acid groups (broad SMARTS) is 1. The van der Waals surface area contributed by atoms with Crippen molar-refractivity contribution < 1.29 is 50.4 Å². The molecule has 0 aliphatic carbocycles. The van der Waals surface area contributed by atoms with Gasteiger partial charge in [-0.15, -0.1) is 0 Å². The summed E-state index contributed by atoms with van der Waals surface area (Å²) in [6, 6.07) is 0. The zero-order chi connectivity index (χ0) is 7.28. The molecule has 10 heavy (non-hydrogen) atoms. The Morgan fingerprint density at radius 3 is 2.30 bits per heavy atom. The zero-order valence-electron chi connectivity index (χ0n) is 6.83. The summed E-state index contributed by atoms with van der Waals surface area (Å²) in [7, 11) is 1.18. The topological polar surface area (TPSA) is 63.6 Å². The molecule has 0 saturated carbocycles. The first-order valence-corrected chi connectivity index (χ1v) is 2.15. The van der Waals surface area contributed by atoms with Gasteiger partial charge in [-0.05, 0) is 0 Å². The molecular weight excluding hydrogens is 147 g/mol. The van der Waals surface area contributed by atoms with Gasteiger partial charge in [0.15, 0.2) is 0 Å². The summed E-state index contributed by atoms with van der Waals surface area (Å²) in [4.78, 5) is 19.9. The van der Waals surface area contributed by atoms with E-state index in [2.05, 4.69) is 4.74 Å². The van der Waals surface area contributed by atoms with Crippen LogP contribution in [0.3, 0.4) is 0 Å². The van der Waals surface area contributed by atoms with E-state index in [0.29, 0.717) is 6.08 Å². The largest absolute Gasteiger partial charge is 1.00 e. The zero-order valence-corrected chi connectivity index (χ0v) is 7.83. The molecule has 0 amide bonds. The quantitative estimate of drug-likeness (QED) is 0.260. The molecule has 0 aromatic rings. The van der Waals surface area contributed by atoms with E-state index in [4.69, 9.17) is 5.11 Å². The van der Waals surface area contributed by atoms with Gasteiger partial charge in [0.1, 0.15) is 0 Å². The van der Waals surface area contributed by atoms with Gasteiger partial charge in [-0.1, -0.05) is 0 Å². The Labute approximate surface area is 81.6 Å². The van der Waals surface area contributed by atoms with Crippen LogP contribution in [0, 0.1) is 0 Å². The van der Waals surface area contributed by atoms with E-state index >= 15 is 0 Å². The van der Waals surface area contributed by atoms with Gasteiger partial charge in [-0.3, -0.25) is 0 Å². The monoisotopic (exact) mass is 154 g/mol. The smallest absolute Gasteiger partial charge is 1.00 e. The van der Waals surface area contributed by atoms with Gasteiger partial charge in [-0.25, -0.2) is 9.59 Å². The van der Waals surface area contributed by atoms with Crippen LogP contribution >= 0.6 is 0 Å². The summed E-state index contributed by atoms with van der Waals surface area (Å²) in [5.74, 6) is -1.84. The number of hydrogen-bond donors (Lipinski definition) is 1. The van der Waals surface area contributed by atoms with Crippen molar-refractivity contribution in [1.82, 2.24) is 0 Å². The molecule has 0 aliphatic heterocycles. The van der Waals surface area contributed by atoms with E-state index in [1.165, 1.54) is 7.11 Å². The average molecular weight is 154 g/mol. The summed E-state index contributed by atoms with van der Waals surface area (Å²) in [5, 5.41) is 7.96. The van der Waals surface area contributed by atoms with Crippen molar-refractivity contribution >= 4 is 11.9 Å². The average Bonchev–Trinajstić information content (AvgIpc) is 1.83. The van der Waals surface area contributed by atoms with E-state index in [9.17, 15) is 9.59 Å². The van der Waals surface area contributed by atoms with Gasteiger partial charge in [0, 0.05) is 12.2 Å². The standard InChI is InChI=1S/C5H6O4.Na.H/c1-9-5(8)3-2-4(6)7;;/h2-3H,1H3,(H,6,7);;/q;+1;-1/b3-2-;;. The normalized spacial score (nSPS) is 8.50. The number of carboxylic acids is 1. The Morgan fingerprint density at radius 2 is 2.00 bits per heavy atom. The number of hydrogen-bond acceptors (Lipinski definition) is 3. The maximum atomic E-state index is 10.1. The Hall–Kier alpha value is -0.320. The molecule has 0 unspecified atom stereocenters. The number of aliphatic carboxylic acids is 1. The van der Waals surface area contributed by atoms with Gasteiger partial charge in [0.25, 0.3) is 0 Å². The van der Waals surface area contributed by atoms with Crippen molar-refractivity contribution in [2.24, 2.45) is 0 Å². The second kappa shape index (κ2) is 6.80. The molecule has 0 aromatic carbocycles. The molecule has 0 fully saturated rings. The van der Waals surface area contributed by atoms with Crippen LogP contribution in [-0.4, -0.2) is 24.2 Å². The summed E-state index contributed by atoms with van der Waals surface area (Å²) in [5.41, 5.74) is 0. The molecule has 1 N–H and O–H groups in total. The maximum Gasteiger partial charge on any atom is 1.00 e. The number of carbonyl (C=O) groups is 2. The van der Waals surface area contributed by atoms with Gasteiger partial charge in [0.05, 0.1) is 7.11 Å². The van der Waals surface area contributed by atoms with E-state index < -0.39 is 11.9 Å². The number of rotatable bonds is 2. The molecule has 0 spiro atoms. The predicted molar refractivity (Wildman–Crippen MR) is 29.9 cm³/mol. The summed E-state index contributed by atoms with van der Waals surface area (Å²) < 4.78 is 4.11. The summed E-state index contributed by atoms with van der Waals surface area (Å²) in [6.45, 7) is 0. The Balaban J connectivity index is -0.000000320. The molecule has 0 saturated heterocycles. The van der Waals surface area contributed by atoms with Crippen LogP contribution in [0.5, 0.6) is 0 Å². The van der Waals surface area contributed by atoms with E-state index in [0.717, 1.165) is 6.08 Å². The summed E-state index contributed by atoms with van der Waals surface area (Å²) >= 11 is 0. The van der Waals surface area contributed by atoms with Crippen molar-refractivity contribution in [3.63, 3.8) is 0 Å². The Kier molecular flexibility index (Phi) is 8.40. The molecular formula is C5H7NaO4. The predicted octanol–water partition coefficient (Wildman–Crippen LogP) is -3.08. The SMILES string of the molecule is COC(=O)/C=C\C(=O)O.[H-].[Na+].